The van der Waals surface area contributed by atoms with E-state index in [1.54, 1.807) is 18.6 Å². The number of nitrogens with one attached hydrogen (secondary N) is 1. The third kappa shape index (κ3) is 4.15. The van der Waals surface area contributed by atoms with Crippen LogP contribution in [0.2, 0.25) is 0 Å². The summed E-state index contributed by atoms with van der Waals surface area (Å²) in [5.41, 5.74) is 1.05. The smallest absolute Gasteiger partial charge is 0.222 e. The van der Waals surface area contributed by atoms with Gasteiger partial charge in [-0.15, -0.1) is 0 Å². The van der Waals surface area contributed by atoms with Crippen LogP contribution in [0.25, 0.3) is 0 Å². The number of aryl methyl sites for hydroxylation is 2. The normalized spacial score (nSPS) is 12.1. The first-order chi connectivity index (χ1) is 10.2. The van der Waals surface area contributed by atoms with E-state index in [0.717, 1.165) is 24.2 Å². The number of rotatable bonds is 7. The predicted molar refractivity (Wildman–Crippen MR) is 81.6 cm³/mol. The molecule has 0 aliphatic heterocycles. The zero-order chi connectivity index (χ0) is 15.1. The van der Waals surface area contributed by atoms with Gasteiger partial charge in [-0.1, -0.05) is 19.9 Å². The zero-order valence-electron chi connectivity index (χ0n) is 12.6. The van der Waals surface area contributed by atoms with Crippen molar-refractivity contribution in [3.63, 3.8) is 0 Å². The van der Waals surface area contributed by atoms with Gasteiger partial charge >= 0.3 is 0 Å². The standard InChI is InChI=1S/C16H22N4O/c1-3-14(13-6-5-8-17-12-13)19-16(21)7-10-20-11-9-18-15(20)4-2/h5-6,8-9,11-12,14H,3-4,7,10H2,1-2H3,(H,19,21). The van der Waals surface area contributed by atoms with Crippen molar-refractivity contribution in [1.82, 2.24) is 19.9 Å². The van der Waals surface area contributed by atoms with Crippen LogP contribution >= 0.6 is 0 Å². The molecule has 0 saturated heterocycles. The Labute approximate surface area is 125 Å². The van der Waals surface area contributed by atoms with Crippen molar-refractivity contribution in [2.75, 3.05) is 0 Å². The van der Waals surface area contributed by atoms with Gasteiger partial charge in [0.2, 0.25) is 5.91 Å². The summed E-state index contributed by atoms with van der Waals surface area (Å²) in [6.45, 7) is 4.79. The van der Waals surface area contributed by atoms with Crippen molar-refractivity contribution in [1.29, 1.82) is 0 Å². The number of carbonyl (C=O) groups is 1. The Balaban J connectivity index is 1.89. The lowest BCUT2D eigenvalue weighted by Crippen LogP contribution is -2.29. The van der Waals surface area contributed by atoms with Crippen molar-refractivity contribution < 1.29 is 4.79 Å². The molecule has 1 atom stereocenters. The van der Waals surface area contributed by atoms with Crippen LogP contribution in [0, 0.1) is 0 Å². The first-order valence-electron chi connectivity index (χ1n) is 7.43. The third-order valence-electron chi connectivity index (χ3n) is 3.53. The van der Waals surface area contributed by atoms with Crippen molar-refractivity contribution in [2.24, 2.45) is 0 Å². The molecular weight excluding hydrogens is 264 g/mol. The van der Waals surface area contributed by atoms with Crippen molar-refractivity contribution in [3.05, 3.63) is 48.3 Å². The van der Waals surface area contributed by atoms with Crippen molar-refractivity contribution in [2.45, 2.75) is 45.7 Å². The van der Waals surface area contributed by atoms with E-state index in [1.165, 1.54) is 0 Å². The first kappa shape index (κ1) is 15.2. The van der Waals surface area contributed by atoms with Gasteiger partial charge in [-0.05, 0) is 18.1 Å². The van der Waals surface area contributed by atoms with E-state index in [4.69, 9.17) is 0 Å². The van der Waals surface area contributed by atoms with Gasteiger partial charge in [0, 0.05) is 44.2 Å². The van der Waals surface area contributed by atoms with Gasteiger partial charge in [-0.25, -0.2) is 4.98 Å². The maximum atomic E-state index is 12.1. The zero-order valence-corrected chi connectivity index (χ0v) is 12.6. The van der Waals surface area contributed by atoms with Crippen LogP contribution in [0.5, 0.6) is 0 Å². The Hall–Kier alpha value is -2.17. The van der Waals surface area contributed by atoms with E-state index in [-0.39, 0.29) is 11.9 Å². The van der Waals surface area contributed by atoms with Gasteiger partial charge in [0.15, 0.2) is 0 Å². The molecule has 0 fully saturated rings. The van der Waals surface area contributed by atoms with Crippen LogP contribution in [0.3, 0.4) is 0 Å². The summed E-state index contributed by atoms with van der Waals surface area (Å²) in [5.74, 6) is 1.07. The van der Waals surface area contributed by atoms with E-state index >= 15 is 0 Å². The molecule has 0 aromatic carbocycles. The lowest BCUT2D eigenvalue weighted by molar-refractivity contribution is -0.122. The second-order valence-corrected chi connectivity index (χ2v) is 4.96. The van der Waals surface area contributed by atoms with Crippen molar-refractivity contribution >= 4 is 5.91 Å². The average molecular weight is 286 g/mol. The fraction of sp³-hybridized carbons (Fsp3) is 0.438. The van der Waals surface area contributed by atoms with Crippen LogP contribution in [0.4, 0.5) is 0 Å². The van der Waals surface area contributed by atoms with Gasteiger partial charge in [0.1, 0.15) is 5.82 Å². The molecule has 1 amide bonds. The largest absolute Gasteiger partial charge is 0.349 e. The topological polar surface area (TPSA) is 59.8 Å². The number of hydrogen-bond donors (Lipinski definition) is 1. The molecule has 2 rings (SSSR count). The summed E-state index contributed by atoms with van der Waals surface area (Å²) in [6, 6.07) is 3.91. The van der Waals surface area contributed by atoms with E-state index < -0.39 is 0 Å². The first-order valence-corrected chi connectivity index (χ1v) is 7.43. The molecule has 0 spiro atoms. The molecule has 0 aliphatic carbocycles. The Morgan fingerprint density at radius 3 is 2.90 bits per heavy atom. The Morgan fingerprint density at radius 1 is 1.38 bits per heavy atom. The Kier molecular flexibility index (Phi) is 5.49. The van der Waals surface area contributed by atoms with Crippen LogP contribution < -0.4 is 5.32 Å². The summed E-state index contributed by atoms with van der Waals surface area (Å²) in [5, 5.41) is 3.07. The summed E-state index contributed by atoms with van der Waals surface area (Å²) < 4.78 is 2.03. The Bertz CT molecular complexity index is 565. The number of aromatic nitrogens is 3. The van der Waals surface area contributed by atoms with Crippen LogP contribution in [0.15, 0.2) is 36.9 Å². The highest BCUT2D eigenvalue weighted by atomic mass is 16.1. The van der Waals surface area contributed by atoms with Crippen LogP contribution in [-0.4, -0.2) is 20.4 Å². The number of imidazole rings is 1. The van der Waals surface area contributed by atoms with Gasteiger partial charge < -0.3 is 9.88 Å². The summed E-state index contributed by atoms with van der Waals surface area (Å²) in [7, 11) is 0. The molecule has 0 aliphatic rings. The van der Waals surface area contributed by atoms with Gasteiger partial charge in [0.25, 0.3) is 0 Å². The summed E-state index contributed by atoms with van der Waals surface area (Å²) >= 11 is 0. The maximum Gasteiger partial charge on any atom is 0.222 e. The molecule has 112 valence electrons. The summed E-state index contributed by atoms with van der Waals surface area (Å²) in [4.78, 5) is 20.5. The van der Waals surface area contributed by atoms with E-state index in [2.05, 4.69) is 29.1 Å². The minimum absolute atomic E-state index is 0.0274. The molecule has 2 aromatic heterocycles. The quantitative estimate of drug-likeness (QED) is 0.850. The molecule has 2 heterocycles. The highest BCUT2D eigenvalue weighted by Gasteiger charge is 2.13. The number of hydrogen-bond acceptors (Lipinski definition) is 3. The fourth-order valence-electron chi connectivity index (χ4n) is 2.35. The van der Waals surface area contributed by atoms with E-state index in [0.29, 0.717) is 13.0 Å². The molecule has 1 N–H and O–H groups in total. The van der Waals surface area contributed by atoms with E-state index in [9.17, 15) is 4.79 Å². The fourth-order valence-corrected chi connectivity index (χ4v) is 2.35. The highest BCUT2D eigenvalue weighted by molar-refractivity contribution is 5.76. The molecular formula is C16H22N4O. The molecule has 2 aromatic rings. The molecule has 0 radical (unpaired) electrons. The molecule has 0 saturated carbocycles. The Morgan fingerprint density at radius 2 is 2.24 bits per heavy atom. The SMILES string of the molecule is CCc1nccn1CCC(=O)NC(CC)c1cccnc1. The second-order valence-electron chi connectivity index (χ2n) is 4.96. The van der Waals surface area contributed by atoms with Gasteiger partial charge in [-0.3, -0.25) is 9.78 Å². The monoisotopic (exact) mass is 286 g/mol. The lowest BCUT2D eigenvalue weighted by atomic mass is 10.1. The highest BCUT2D eigenvalue weighted by Crippen LogP contribution is 2.15. The number of nitrogens with zero attached hydrogens (tertiary/aromatic N) is 3. The van der Waals surface area contributed by atoms with Crippen molar-refractivity contribution in [3.8, 4) is 0 Å². The maximum absolute atomic E-state index is 12.1. The average Bonchev–Trinajstić information content (AvgIpc) is 2.99. The summed E-state index contributed by atoms with van der Waals surface area (Å²) in [6.07, 6.45) is 9.43. The third-order valence-corrected chi connectivity index (χ3v) is 3.53. The molecule has 5 nitrogen and oxygen atoms in total. The molecule has 0 bridgehead atoms. The minimum Gasteiger partial charge on any atom is -0.349 e. The number of pyridine rings is 1. The second kappa shape index (κ2) is 7.57. The number of carbonyl (C=O) groups excluding carboxylic acids is 1. The molecule has 1 unspecified atom stereocenters. The molecule has 21 heavy (non-hydrogen) atoms. The van der Waals surface area contributed by atoms with Gasteiger partial charge in [-0.2, -0.15) is 0 Å². The van der Waals surface area contributed by atoms with E-state index in [1.807, 2.05) is 22.9 Å². The lowest BCUT2D eigenvalue weighted by Gasteiger charge is -2.17. The van der Waals surface area contributed by atoms with Crippen LogP contribution in [-0.2, 0) is 17.8 Å². The van der Waals surface area contributed by atoms with Gasteiger partial charge in [0.05, 0.1) is 6.04 Å². The predicted octanol–water partition coefficient (Wildman–Crippen LogP) is 2.50. The minimum atomic E-state index is 0.0274. The number of amides is 1. The van der Waals surface area contributed by atoms with Crippen LogP contribution in [0.1, 0.15) is 44.1 Å². The molecule has 5 heteroatoms.